The predicted molar refractivity (Wildman–Crippen MR) is 97.4 cm³/mol. The molecule has 0 atom stereocenters. The van der Waals surface area contributed by atoms with Crippen molar-refractivity contribution in [3.63, 3.8) is 0 Å². The topological polar surface area (TPSA) is 42.4 Å². The highest BCUT2D eigenvalue weighted by Gasteiger charge is 2.28. The summed E-state index contributed by atoms with van der Waals surface area (Å²) in [5.41, 5.74) is 2.67. The van der Waals surface area contributed by atoms with Crippen molar-refractivity contribution in [2.24, 2.45) is 0 Å². The van der Waals surface area contributed by atoms with Gasteiger partial charge in [-0.1, -0.05) is 12.1 Å². The minimum Gasteiger partial charge on any atom is -0.381 e. The largest absolute Gasteiger partial charge is 0.381 e. The Morgan fingerprint density at radius 1 is 1.33 bits per heavy atom. The molecule has 1 fully saturated rings. The Morgan fingerprint density at radius 2 is 2.08 bits per heavy atom. The van der Waals surface area contributed by atoms with Crippen LogP contribution < -0.4 is 0 Å². The SMILES string of the molecule is Cc1nc(-c2cccc(C(=O)N(C(C)C)C3CCOCC3)c2)cs1. The fourth-order valence-corrected chi connectivity index (χ4v) is 3.86. The summed E-state index contributed by atoms with van der Waals surface area (Å²) in [5, 5.41) is 3.07. The second kappa shape index (κ2) is 7.45. The second-order valence-electron chi connectivity index (χ2n) is 6.48. The summed E-state index contributed by atoms with van der Waals surface area (Å²) in [6, 6.07) is 8.26. The van der Waals surface area contributed by atoms with Gasteiger partial charge in [-0.05, 0) is 45.7 Å². The highest BCUT2D eigenvalue weighted by Crippen LogP contribution is 2.25. The third-order valence-electron chi connectivity index (χ3n) is 4.40. The molecule has 5 heteroatoms. The third-order valence-corrected chi connectivity index (χ3v) is 5.17. The van der Waals surface area contributed by atoms with Gasteiger partial charge in [0, 0.05) is 41.8 Å². The minimum absolute atomic E-state index is 0.103. The molecule has 1 saturated heterocycles. The average molecular weight is 344 g/mol. The van der Waals surface area contributed by atoms with Gasteiger partial charge in [-0.15, -0.1) is 11.3 Å². The number of hydrogen-bond acceptors (Lipinski definition) is 4. The van der Waals surface area contributed by atoms with Gasteiger partial charge in [-0.3, -0.25) is 4.79 Å². The van der Waals surface area contributed by atoms with Crippen molar-refractivity contribution in [2.75, 3.05) is 13.2 Å². The minimum atomic E-state index is 0.103. The lowest BCUT2D eigenvalue weighted by atomic mass is 10.0. The number of ether oxygens (including phenoxy) is 1. The van der Waals surface area contributed by atoms with E-state index in [1.54, 1.807) is 11.3 Å². The number of hydrogen-bond donors (Lipinski definition) is 0. The number of carbonyl (C=O) groups is 1. The number of aromatic nitrogens is 1. The van der Waals surface area contributed by atoms with Gasteiger partial charge in [-0.25, -0.2) is 4.98 Å². The molecule has 0 spiro atoms. The molecule has 0 saturated carbocycles. The van der Waals surface area contributed by atoms with Crippen LogP contribution in [0.2, 0.25) is 0 Å². The van der Waals surface area contributed by atoms with E-state index in [0.29, 0.717) is 0 Å². The molecule has 0 radical (unpaired) electrons. The first-order valence-corrected chi connectivity index (χ1v) is 9.37. The molecule has 2 aromatic rings. The summed E-state index contributed by atoms with van der Waals surface area (Å²) in [6.07, 6.45) is 1.82. The van der Waals surface area contributed by atoms with Gasteiger partial charge >= 0.3 is 0 Å². The smallest absolute Gasteiger partial charge is 0.254 e. The van der Waals surface area contributed by atoms with Crippen LogP contribution in [-0.2, 0) is 4.74 Å². The van der Waals surface area contributed by atoms with Crippen LogP contribution in [-0.4, -0.2) is 41.1 Å². The highest BCUT2D eigenvalue weighted by atomic mass is 32.1. The molecular formula is C19H24N2O2S. The van der Waals surface area contributed by atoms with Crippen LogP contribution in [0, 0.1) is 6.92 Å². The summed E-state index contributed by atoms with van der Waals surface area (Å²) in [4.78, 5) is 19.7. The molecule has 1 aliphatic heterocycles. The number of rotatable bonds is 4. The van der Waals surface area contributed by atoms with Crippen molar-refractivity contribution in [2.45, 2.75) is 45.7 Å². The van der Waals surface area contributed by atoms with Crippen LogP contribution >= 0.6 is 11.3 Å². The zero-order valence-electron chi connectivity index (χ0n) is 14.5. The fraction of sp³-hybridized carbons (Fsp3) is 0.474. The predicted octanol–water partition coefficient (Wildman–Crippen LogP) is 4.15. The Bertz CT molecular complexity index is 705. The van der Waals surface area contributed by atoms with Crippen LogP contribution in [0.25, 0.3) is 11.3 Å². The molecule has 24 heavy (non-hydrogen) atoms. The second-order valence-corrected chi connectivity index (χ2v) is 7.54. The molecule has 0 aliphatic carbocycles. The van der Waals surface area contributed by atoms with Crippen molar-refractivity contribution in [1.29, 1.82) is 0 Å². The van der Waals surface area contributed by atoms with Crippen molar-refractivity contribution in [3.05, 3.63) is 40.2 Å². The number of thiazole rings is 1. The van der Waals surface area contributed by atoms with E-state index in [0.717, 1.165) is 47.9 Å². The van der Waals surface area contributed by atoms with Crippen LogP contribution in [0.15, 0.2) is 29.6 Å². The molecule has 0 unspecified atom stereocenters. The molecule has 3 rings (SSSR count). The van der Waals surface area contributed by atoms with E-state index in [1.165, 1.54) is 0 Å². The molecule has 1 amide bonds. The van der Waals surface area contributed by atoms with Gasteiger partial charge in [0.05, 0.1) is 10.7 Å². The van der Waals surface area contributed by atoms with E-state index < -0.39 is 0 Å². The molecule has 1 aromatic carbocycles. The maximum Gasteiger partial charge on any atom is 0.254 e. The van der Waals surface area contributed by atoms with Crippen molar-refractivity contribution >= 4 is 17.2 Å². The summed E-state index contributed by atoms with van der Waals surface area (Å²) >= 11 is 1.63. The van der Waals surface area contributed by atoms with E-state index in [-0.39, 0.29) is 18.0 Å². The lowest BCUT2D eigenvalue weighted by Gasteiger charge is -2.37. The maximum absolute atomic E-state index is 13.1. The lowest BCUT2D eigenvalue weighted by Crippen LogP contribution is -2.47. The van der Waals surface area contributed by atoms with E-state index in [2.05, 4.69) is 18.8 Å². The first-order chi connectivity index (χ1) is 11.6. The third kappa shape index (κ3) is 3.68. The first kappa shape index (κ1) is 17.1. The summed E-state index contributed by atoms with van der Waals surface area (Å²) < 4.78 is 5.45. The van der Waals surface area contributed by atoms with Gasteiger partial charge in [0.15, 0.2) is 0 Å². The van der Waals surface area contributed by atoms with Crippen molar-refractivity contribution < 1.29 is 9.53 Å². The molecule has 1 aliphatic rings. The zero-order valence-corrected chi connectivity index (χ0v) is 15.3. The standard InChI is InChI=1S/C19H24N2O2S/c1-13(2)21(17-7-9-23-10-8-17)19(22)16-6-4-5-15(11-16)18-12-24-14(3)20-18/h4-6,11-13,17H,7-10H2,1-3H3. The van der Waals surface area contributed by atoms with E-state index in [4.69, 9.17) is 4.74 Å². The van der Waals surface area contributed by atoms with E-state index >= 15 is 0 Å². The molecule has 0 N–H and O–H groups in total. The first-order valence-electron chi connectivity index (χ1n) is 8.49. The number of benzene rings is 1. The van der Waals surface area contributed by atoms with Crippen LogP contribution in [0.4, 0.5) is 0 Å². The van der Waals surface area contributed by atoms with Gasteiger partial charge in [0.25, 0.3) is 5.91 Å². The highest BCUT2D eigenvalue weighted by molar-refractivity contribution is 7.09. The zero-order chi connectivity index (χ0) is 17.1. The summed E-state index contributed by atoms with van der Waals surface area (Å²) in [7, 11) is 0. The van der Waals surface area contributed by atoms with Crippen molar-refractivity contribution in [3.8, 4) is 11.3 Å². The Kier molecular flexibility index (Phi) is 5.31. The molecule has 4 nitrogen and oxygen atoms in total. The monoisotopic (exact) mass is 344 g/mol. The average Bonchev–Trinajstić information content (AvgIpc) is 3.02. The number of amides is 1. The van der Waals surface area contributed by atoms with Crippen molar-refractivity contribution in [1.82, 2.24) is 9.88 Å². The normalized spacial score (nSPS) is 15.7. The van der Waals surface area contributed by atoms with E-state index in [9.17, 15) is 4.79 Å². The molecule has 1 aromatic heterocycles. The molecular weight excluding hydrogens is 320 g/mol. The number of aryl methyl sites for hydroxylation is 1. The molecule has 2 heterocycles. The number of nitrogens with zero attached hydrogens (tertiary/aromatic N) is 2. The summed E-state index contributed by atoms with van der Waals surface area (Å²) in [5.74, 6) is 0.103. The van der Waals surface area contributed by atoms with Crippen LogP contribution in [0.3, 0.4) is 0 Å². The Morgan fingerprint density at radius 3 is 2.71 bits per heavy atom. The van der Waals surface area contributed by atoms with E-state index in [1.807, 2.05) is 41.5 Å². The summed E-state index contributed by atoms with van der Waals surface area (Å²) in [6.45, 7) is 7.63. The van der Waals surface area contributed by atoms with Gasteiger partial charge < -0.3 is 9.64 Å². The Balaban J connectivity index is 1.87. The van der Waals surface area contributed by atoms with Gasteiger partial charge in [0.2, 0.25) is 0 Å². The molecule has 128 valence electrons. The lowest BCUT2D eigenvalue weighted by molar-refractivity contribution is 0.0206. The van der Waals surface area contributed by atoms with Crippen LogP contribution in [0.1, 0.15) is 42.1 Å². The molecule has 0 bridgehead atoms. The Hall–Kier alpha value is -1.72. The van der Waals surface area contributed by atoms with Gasteiger partial charge in [0.1, 0.15) is 0 Å². The Labute approximate surface area is 147 Å². The van der Waals surface area contributed by atoms with Gasteiger partial charge in [-0.2, -0.15) is 0 Å². The fourth-order valence-electron chi connectivity index (χ4n) is 3.24. The number of carbonyl (C=O) groups excluding carboxylic acids is 1. The maximum atomic E-state index is 13.1. The quantitative estimate of drug-likeness (QED) is 0.837. The van der Waals surface area contributed by atoms with Crippen LogP contribution in [0.5, 0.6) is 0 Å².